The smallest absolute Gasteiger partial charge is 0.255 e. The zero-order chi connectivity index (χ0) is 20.7. The number of carbonyl (C=O) groups excluding carboxylic acids is 3. The normalized spacial score (nSPS) is 26.3. The summed E-state index contributed by atoms with van der Waals surface area (Å²) in [6.45, 7) is 1.75. The highest BCUT2D eigenvalue weighted by Gasteiger charge is 2.44. The third-order valence-corrected chi connectivity index (χ3v) is 7.35. The molecule has 2 N–H and O–H groups in total. The van der Waals surface area contributed by atoms with Crippen LogP contribution in [0.3, 0.4) is 0 Å². The third kappa shape index (κ3) is 3.44. The minimum Gasteiger partial charge on any atom is -0.362 e. The van der Waals surface area contributed by atoms with Crippen molar-refractivity contribution < 1.29 is 14.4 Å². The van der Waals surface area contributed by atoms with Gasteiger partial charge >= 0.3 is 0 Å². The fraction of sp³-hybridized carbons (Fsp3) is 0.609. The molecular formula is C23H30N4O3. The molecule has 3 aliphatic heterocycles. The number of rotatable bonds is 2. The molecule has 7 heteroatoms. The van der Waals surface area contributed by atoms with Gasteiger partial charge in [-0.25, -0.2) is 0 Å². The lowest BCUT2D eigenvalue weighted by Gasteiger charge is -2.46. The van der Waals surface area contributed by atoms with Crippen molar-refractivity contribution in [3.05, 3.63) is 29.8 Å². The van der Waals surface area contributed by atoms with Gasteiger partial charge in [0.25, 0.3) is 5.91 Å². The predicted molar refractivity (Wildman–Crippen MR) is 113 cm³/mol. The van der Waals surface area contributed by atoms with Gasteiger partial charge in [0.1, 0.15) is 5.66 Å². The maximum atomic E-state index is 13.1. The molecule has 160 valence electrons. The summed E-state index contributed by atoms with van der Waals surface area (Å²) >= 11 is 0. The lowest BCUT2D eigenvalue weighted by molar-refractivity contribution is -0.137. The van der Waals surface area contributed by atoms with Crippen LogP contribution in [0, 0.1) is 5.92 Å². The van der Waals surface area contributed by atoms with Gasteiger partial charge in [0.05, 0.1) is 11.5 Å². The van der Waals surface area contributed by atoms with E-state index < -0.39 is 5.66 Å². The number of anilines is 1. The lowest BCUT2D eigenvalue weighted by atomic mass is 9.91. The van der Waals surface area contributed by atoms with Gasteiger partial charge in [0.15, 0.2) is 0 Å². The Kier molecular flexibility index (Phi) is 4.91. The molecule has 1 unspecified atom stereocenters. The molecule has 1 spiro atoms. The predicted octanol–water partition coefficient (Wildman–Crippen LogP) is 2.34. The largest absolute Gasteiger partial charge is 0.362 e. The Morgan fingerprint density at radius 3 is 2.50 bits per heavy atom. The van der Waals surface area contributed by atoms with E-state index in [2.05, 4.69) is 10.6 Å². The maximum Gasteiger partial charge on any atom is 0.255 e. The van der Waals surface area contributed by atoms with Gasteiger partial charge in [-0.15, -0.1) is 0 Å². The van der Waals surface area contributed by atoms with Crippen molar-refractivity contribution in [1.29, 1.82) is 0 Å². The molecule has 1 atom stereocenters. The minimum absolute atomic E-state index is 0.0614. The average Bonchev–Trinajstić information content (AvgIpc) is 3.16. The summed E-state index contributed by atoms with van der Waals surface area (Å²) in [5.41, 5.74) is 1.02. The fourth-order valence-electron chi connectivity index (χ4n) is 5.62. The Balaban J connectivity index is 1.20. The maximum absolute atomic E-state index is 13.1. The molecule has 3 fully saturated rings. The minimum atomic E-state index is -0.498. The number of amides is 3. The summed E-state index contributed by atoms with van der Waals surface area (Å²) in [7, 11) is 0. The van der Waals surface area contributed by atoms with Gasteiger partial charge in [-0.1, -0.05) is 31.4 Å². The van der Waals surface area contributed by atoms with Crippen LogP contribution in [0.15, 0.2) is 24.3 Å². The lowest BCUT2D eigenvalue weighted by Crippen LogP contribution is -2.63. The van der Waals surface area contributed by atoms with E-state index in [1.807, 2.05) is 34.1 Å². The second-order valence-electron chi connectivity index (χ2n) is 9.27. The highest BCUT2D eigenvalue weighted by Crippen LogP contribution is 2.33. The van der Waals surface area contributed by atoms with Crippen molar-refractivity contribution in [3.63, 3.8) is 0 Å². The number of likely N-dealkylation sites (tertiary alicyclic amines) is 2. The number of nitrogens with one attached hydrogen (secondary N) is 2. The summed E-state index contributed by atoms with van der Waals surface area (Å²) in [5, 5.41) is 6.62. The number of benzene rings is 1. The Morgan fingerprint density at radius 2 is 1.73 bits per heavy atom. The molecule has 30 heavy (non-hydrogen) atoms. The number of nitrogens with zero attached hydrogens (tertiary/aromatic N) is 2. The molecule has 7 nitrogen and oxygen atoms in total. The summed E-state index contributed by atoms with van der Waals surface area (Å²) in [4.78, 5) is 42.1. The molecule has 0 radical (unpaired) electrons. The van der Waals surface area contributed by atoms with Gasteiger partial charge in [-0.2, -0.15) is 0 Å². The first-order valence-corrected chi connectivity index (χ1v) is 11.3. The number of hydrogen-bond acceptors (Lipinski definition) is 4. The van der Waals surface area contributed by atoms with Crippen LogP contribution in [0.25, 0.3) is 0 Å². The number of carbonyl (C=O) groups is 3. The molecule has 1 aliphatic carbocycles. The zero-order valence-corrected chi connectivity index (χ0v) is 17.4. The van der Waals surface area contributed by atoms with Gasteiger partial charge in [0.2, 0.25) is 11.8 Å². The molecule has 0 aromatic heterocycles. The van der Waals surface area contributed by atoms with E-state index in [4.69, 9.17) is 0 Å². The van der Waals surface area contributed by atoms with E-state index in [1.165, 1.54) is 19.3 Å². The summed E-state index contributed by atoms with van der Waals surface area (Å²) in [6.07, 6.45) is 7.44. The molecular weight excluding hydrogens is 380 g/mol. The van der Waals surface area contributed by atoms with Crippen molar-refractivity contribution in [2.75, 3.05) is 25.0 Å². The highest BCUT2D eigenvalue weighted by molar-refractivity contribution is 6.02. The van der Waals surface area contributed by atoms with Gasteiger partial charge in [-0.3, -0.25) is 14.4 Å². The molecule has 1 aromatic carbocycles. The summed E-state index contributed by atoms with van der Waals surface area (Å²) in [5.74, 6) is -0.0395. The Bertz CT molecular complexity index is 856. The fourth-order valence-corrected chi connectivity index (χ4v) is 5.62. The van der Waals surface area contributed by atoms with Gasteiger partial charge in [0, 0.05) is 50.6 Å². The number of hydrogen-bond donors (Lipinski definition) is 2. The first kappa shape index (κ1) is 19.4. The molecule has 5 rings (SSSR count). The summed E-state index contributed by atoms with van der Waals surface area (Å²) in [6, 6.07) is 7.86. The van der Waals surface area contributed by atoms with E-state index >= 15 is 0 Å². The molecule has 0 bridgehead atoms. The Hall–Kier alpha value is -2.57. The van der Waals surface area contributed by atoms with Crippen molar-refractivity contribution in [2.45, 2.75) is 63.1 Å². The van der Waals surface area contributed by atoms with Crippen LogP contribution < -0.4 is 10.6 Å². The Labute approximate surface area is 177 Å². The highest BCUT2D eigenvalue weighted by atomic mass is 16.2. The second-order valence-corrected chi connectivity index (χ2v) is 9.27. The number of para-hydroxylation sites is 1. The van der Waals surface area contributed by atoms with Crippen LogP contribution in [0.1, 0.15) is 61.7 Å². The van der Waals surface area contributed by atoms with Crippen LogP contribution in [0.2, 0.25) is 0 Å². The van der Waals surface area contributed by atoms with E-state index in [-0.39, 0.29) is 23.6 Å². The van der Waals surface area contributed by atoms with Gasteiger partial charge < -0.3 is 20.4 Å². The van der Waals surface area contributed by atoms with Crippen LogP contribution in [-0.2, 0) is 9.59 Å². The van der Waals surface area contributed by atoms with Crippen molar-refractivity contribution >= 4 is 23.4 Å². The van der Waals surface area contributed by atoms with Crippen molar-refractivity contribution in [1.82, 2.24) is 15.1 Å². The Morgan fingerprint density at radius 1 is 1.00 bits per heavy atom. The van der Waals surface area contributed by atoms with E-state index in [0.29, 0.717) is 50.5 Å². The number of fused-ring (bicyclic) bond motifs is 1. The van der Waals surface area contributed by atoms with Crippen molar-refractivity contribution in [2.24, 2.45) is 5.92 Å². The van der Waals surface area contributed by atoms with E-state index in [9.17, 15) is 14.4 Å². The van der Waals surface area contributed by atoms with Crippen LogP contribution in [-0.4, -0.2) is 58.9 Å². The quantitative estimate of drug-likeness (QED) is 0.784. The molecule has 3 amide bonds. The zero-order valence-electron chi connectivity index (χ0n) is 17.4. The molecule has 1 aromatic rings. The number of piperidine rings is 1. The summed E-state index contributed by atoms with van der Waals surface area (Å²) < 4.78 is 0. The standard InChI is InChI=1S/C23H30N4O3/c28-20-14-16(15-27(20)17-6-2-1-3-7-17)22(30)26-12-10-23(11-13-26)24-19-9-5-4-8-18(19)21(29)25-23/h4-5,8-9,16-17,24H,1-3,6-7,10-15H2,(H,25,29). The molecule has 4 aliphatic rings. The molecule has 1 saturated carbocycles. The van der Waals surface area contributed by atoms with Crippen LogP contribution >= 0.6 is 0 Å². The van der Waals surface area contributed by atoms with Crippen molar-refractivity contribution in [3.8, 4) is 0 Å². The monoisotopic (exact) mass is 410 g/mol. The average molecular weight is 411 g/mol. The first-order chi connectivity index (χ1) is 14.5. The van der Waals surface area contributed by atoms with Crippen LogP contribution in [0.5, 0.6) is 0 Å². The third-order valence-electron chi connectivity index (χ3n) is 7.35. The topological polar surface area (TPSA) is 81.8 Å². The van der Waals surface area contributed by atoms with E-state index in [1.54, 1.807) is 0 Å². The van der Waals surface area contributed by atoms with Gasteiger partial charge in [-0.05, 0) is 25.0 Å². The molecule has 3 heterocycles. The van der Waals surface area contributed by atoms with E-state index in [0.717, 1.165) is 18.5 Å². The molecule has 2 saturated heterocycles. The SMILES string of the molecule is O=C1NC2(CCN(C(=O)C3CC(=O)N(C4CCCCC4)C3)CC2)Nc2ccccc21. The first-order valence-electron chi connectivity index (χ1n) is 11.3. The second kappa shape index (κ2) is 7.60. The van der Waals surface area contributed by atoms with Crippen LogP contribution in [0.4, 0.5) is 5.69 Å².